The zero-order valence-electron chi connectivity index (χ0n) is 12.0. The molecular formula is C15H19NO3. The van der Waals surface area contributed by atoms with Crippen LogP contribution in [-0.4, -0.2) is 23.4 Å². The molecule has 0 amide bonds. The number of ether oxygens (including phenoxy) is 2. The first-order chi connectivity index (χ1) is 8.81. The van der Waals surface area contributed by atoms with Gasteiger partial charge in [-0.1, -0.05) is 0 Å². The van der Waals surface area contributed by atoms with Crippen LogP contribution in [0.2, 0.25) is 0 Å². The molecule has 1 aromatic carbocycles. The molecule has 4 nitrogen and oxygen atoms in total. The first-order valence-corrected chi connectivity index (χ1v) is 6.21. The molecule has 0 bridgehead atoms. The zero-order chi connectivity index (χ0) is 14.2. The molecule has 2 aromatic rings. The van der Waals surface area contributed by atoms with Crippen molar-refractivity contribution in [3.05, 3.63) is 30.0 Å². The number of hydrogen-bond acceptors (Lipinski definition) is 3. The minimum Gasteiger partial charge on any atom is -0.497 e. The van der Waals surface area contributed by atoms with Crippen LogP contribution in [0.5, 0.6) is 5.75 Å². The number of benzene rings is 1. The summed E-state index contributed by atoms with van der Waals surface area (Å²) in [6.45, 7) is 7.52. The Morgan fingerprint density at radius 1 is 1.26 bits per heavy atom. The van der Waals surface area contributed by atoms with Gasteiger partial charge in [0.2, 0.25) is 0 Å². The van der Waals surface area contributed by atoms with E-state index in [4.69, 9.17) is 9.47 Å². The van der Waals surface area contributed by atoms with Gasteiger partial charge < -0.3 is 9.47 Å². The second kappa shape index (κ2) is 4.61. The Morgan fingerprint density at radius 2 is 1.95 bits per heavy atom. The lowest BCUT2D eigenvalue weighted by atomic mass is 10.2. The predicted octanol–water partition coefficient (Wildman–Crippen LogP) is 3.74. The maximum absolute atomic E-state index is 12.2. The molecule has 0 atom stereocenters. The number of carbonyl (C=O) groups excluding carboxylic acids is 1. The van der Waals surface area contributed by atoms with Crippen LogP contribution in [0.1, 0.15) is 26.3 Å². The lowest BCUT2D eigenvalue weighted by molar-refractivity contribution is 0.0544. The molecule has 1 heterocycles. The van der Waals surface area contributed by atoms with Crippen LogP contribution in [0.25, 0.3) is 10.9 Å². The number of carbonyl (C=O) groups is 1. The van der Waals surface area contributed by atoms with Crippen LogP contribution >= 0.6 is 0 Å². The van der Waals surface area contributed by atoms with Gasteiger partial charge in [0.25, 0.3) is 0 Å². The summed E-state index contributed by atoms with van der Waals surface area (Å²) >= 11 is 0. The third kappa shape index (κ3) is 2.72. The van der Waals surface area contributed by atoms with Crippen molar-refractivity contribution >= 4 is 17.0 Å². The van der Waals surface area contributed by atoms with Gasteiger partial charge in [0.1, 0.15) is 11.4 Å². The van der Waals surface area contributed by atoms with E-state index in [2.05, 4.69) is 0 Å². The Morgan fingerprint density at radius 3 is 2.53 bits per heavy atom. The summed E-state index contributed by atoms with van der Waals surface area (Å²) in [4.78, 5) is 12.2. The van der Waals surface area contributed by atoms with E-state index in [0.717, 1.165) is 22.2 Å². The summed E-state index contributed by atoms with van der Waals surface area (Å²) in [5.41, 5.74) is 1.31. The molecule has 4 heteroatoms. The molecule has 0 spiro atoms. The average Bonchev–Trinajstić information content (AvgIpc) is 2.64. The number of rotatable bonds is 1. The molecule has 0 aliphatic rings. The van der Waals surface area contributed by atoms with Gasteiger partial charge in [-0.2, -0.15) is 0 Å². The van der Waals surface area contributed by atoms with Gasteiger partial charge in [-0.05, 0) is 45.4 Å². The molecule has 0 saturated carbocycles. The maximum Gasteiger partial charge on any atom is 0.419 e. The third-order valence-electron chi connectivity index (χ3n) is 2.80. The first-order valence-electron chi connectivity index (χ1n) is 6.21. The SMILES string of the molecule is COc1ccc2c(C)cn(C(=O)OC(C)(C)C)c2c1. The quantitative estimate of drug-likeness (QED) is 0.785. The molecule has 0 aliphatic heterocycles. The highest BCUT2D eigenvalue weighted by molar-refractivity contribution is 5.92. The summed E-state index contributed by atoms with van der Waals surface area (Å²) < 4.78 is 12.1. The summed E-state index contributed by atoms with van der Waals surface area (Å²) in [5.74, 6) is 0.718. The Bertz CT molecular complexity index is 620. The van der Waals surface area contributed by atoms with Gasteiger partial charge in [-0.15, -0.1) is 0 Å². The predicted molar refractivity (Wildman–Crippen MR) is 74.9 cm³/mol. The van der Waals surface area contributed by atoms with Gasteiger partial charge in [-0.25, -0.2) is 4.79 Å². The highest BCUT2D eigenvalue weighted by atomic mass is 16.6. The molecule has 0 unspecified atom stereocenters. The first kappa shape index (κ1) is 13.5. The minimum atomic E-state index is -0.513. The number of methoxy groups -OCH3 is 1. The Kier molecular flexibility index (Phi) is 3.27. The summed E-state index contributed by atoms with van der Waals surface area (Å²) in [6, 6.07) is 5.67. The van der Waals surface area contributed by atoms with E-state index in [0.29, 0.717) is 0 Å². The van der Waals surface area contributed by atoms with Crippen molar-refractivity contribution in [1.82, 2.24) is 4.57 Å². The average molecular weight is 261 g/mol. The van der Waals surface area contributed by atoms with E-state index in [9.17, 15) is 4.79 Å². The fourth-order valence-corrected chi connectivity index (χ4v) is 1.97. The largest absolute Gasteiger partial charge is 0.497 e. The molecular weight excluding hydrogens is 242 g/mol. The van der Waals surface area contributed by atoms with Crippen LogP contribution in [0, 0.1) is 6.92 Å². The summed E-state index contributed by atoms with van der Waals surface area (Å²) in [6.07, 6.45) is 1.41. The molecule has 102 valence electrons. The van der Waals surface area contributed by atoms with Gasteiger partial charge in [0.15, 0.2) is 0 Å². The number of fused-ring (bicyclic) bond motifs is 1. The Balaban J connectivity index is 2.51. The van der Waals surface area contributed by atoms with Crippen molar-refractivity contribution in [2.75, 3.05) is 7.11 Å². The van der Waals surface area contributed by atoms with Crippen LogP contribution < -0.4 is 4.74 Å². The maximum atomic E-state index is 12.2. The molecule has 19 heavy (non-hydrogen) atoms. The second-order valence-corrected chi connectivity index (χ2v) is 5.55. The molecule has 0 aliphatic carbocycles. The summed E-state index contributed by atoms with van der Waals surface area (Å²) in [7, 11) is 1.61. The minimum absolute atomic E-state index is 0.376. The molecule has 0 radical (unpaired) electrons. The smallest absolute Gasteiger partial charge is 0.419 e. The molecule has 0 fully saturated rings. The van der Waals surface area contributed by atoms with E-state index >= 15 is 0 Å². The Labute approximate surface area is 112 Å². The van der Waals surface area contributed by atoms with Crippen molar-refractivity contribution in [1.29, 1.82) is 0 Å². The van der Waals surface area contributed by atoms with Crippen LogP contribution in [0.3, 0.4) is 0 Å². The van der Waals surface area contributed by atoms with Gasteiger partial charge >= 0.3 is 6.09 Å². The van der Waals surface area contributed by atoms with E-state index in [1.807, 2.05) is 45.9 Å². The van der Waals surface area contributed by atoms with Crippen LogP contribution in [0.15, 0.2) is 24.4 Å². The van der Waals surface area contributed by atoms with Crippen molar-refractivity contribution in [3.63, 3.8) is 0 Å². The zero-order valence-corrected chi connectivity index (χ0v) is 12.0. The van der Waals surface area contributed by atoms with E-state index in [1.165, 1.54) is 4.57 Å². The topological polar surface area (TPSA) is 40.5 Å². The number of hydrogen-bond donors (Lipinski definition) is 0. The fraction of sp³-hybridized carbons (Fsp3) is 0.400. The third-order valence-corrected chi connectivity index (χ3v) is 2.80. The standard InChI is InChI=1S/C15H19NO3/c1-10-9-16(14(17)19-15(2,3)4)13-8-11(18-5)6-7-12(10)13/h6-9H,1-5H3. The highest BCUT2D eigenvalue weighted by Gasteiger charge is 2.20. The van der Waals surface area contributed by atoms with Crippen LogP contribution in [-0.2, 0) is 4.74 Å². The van der Waals surface area contributed by atoms with Gasteiger partial charge in [0.05, 0.1) is 12.6 Å². The molecule has 0 saturated heterocycles. The highest BCUT2D eigenvalue weighted by Crippen LogP contribution is 2.26. The van der Waals surface area contributed by atoms with Crippen molar-refractivity contribution in [2.24, 2.45) is 0 Å². The lowest BCUT2D eigenvalue weighted by Crippen LogP contribution is -2.26. The van der Waals surface area contributed by atoms with Crippen molar-refractivity contribution in [3.8, 4) is 5.75 Å². The van der Waals surface area contributed by atoms with Crippen molar-refractivity contribution < 1.29 is 14.3 Å². The second-order valence-electron chi connectivity index (χ2n) is 5.55. The number of aryl methyl sites for hydroxylation is 1. The van der Waals surface area contributed by atoms with Gasteiger partial charge in [-0.3, -0.25) is 4.57 Å². The lowest BCUT2D eigenvalue weighted by Gasteiger charge is -2.19. The van der Waals surface area contributed by atoms with E-state index in [-0.39, 0.29) is 6.09 Å². The monoisotopic (exact) mass is 261 g/mol. The fourth-order valence-electron chi connectivity index (χ4n) is 1.97. The normalized spacial score (nSPS) is 11.6. The van der Waals surface area contributed by atoms with Crippen LogP contribution in [0.4, 0.5) is 4.79 Å². The van der Waals surface area contributed by atoms with Crippen molar-refractivity contribution in [2.45, 2.75) is 33.3 Å². The van der Waals surface area contributed by atoms with E-state index in [1.54, 1.807) is 13.3 Å². The molecule has 1 aromatic heterocycles. The van der Waals surface area contributed by atoms with Gasteiger partial charge in [0, 0.05) is 17.6 Å². The number of aromatic nitrogens is 1. The molecule has 0 N–H and O–H groups in total. The van der Waals surface area contributed by atoms with E-state index < -0.39 is 5.60 Å². The Hall–Kier alpha value is -1.97. The molecule has 2 rings (SSSR count). The number of nitrogens with zero attached hydrogens (tertiary/aromatic N) is 1. The summed E-state index contributed by atoms with van der Waals surface area (Å²) in [5, 5.41) is 1.02.